The topological polar surface area (TPSA) is 48.0 Å². The molecule has 0 radical (unpaired) electrons. The van der Waals surface area contributed by atoms with Gasteiger partial charge in [-0.2, -0.15) is 0 Å². The molecule has 0 N–H and O–H groups in total. The second-order valence-electron chi connectivity index (χ2n) is 7.61. The van der Waals surface area contributed by atoms with Gasteiger partial charge in [-0.05, 0) is 51.7 Å². The number of methoxy groups -OCH3 is 1. The molecule has 0 spiro atoms. The summed E-state index contributed by atoms with van der Waals surface area (Å²) in [7, 11) is 5.62. The summed E-state index contributed by atoms with van der Waals surface area (Å²) in [5.41, 5.74) is 3.02. The van der Waals surface area contributed by atoms with Gasteiger partial charge >= 0.3 is 5.97 Å². The number of hydrogen-bond acceptors (Lipinski definition) is 5. The predicted octanol–water partition coefficient (Wildman–Crippen LogP) is 5.42. The van der Waals surface area contributed by atoms with Gasteiger partial charge in [-0.25, -0.2) is 4.79 Å². The number of benzene rings is 3. The van der Waals surface area contributed by atoms with Gasteiger partial charge < -0.3 is 19.1 Å². The minimum atomic E-state index is -0.478. The van der Waals surface area contributed by atoms with Crippen LogP contribution < -0.4 is 14.2 Å². The molecule has 0 fully saturated rings. The lowest BCUT2D eigenvalue weighted by atomic mass is 9.97. The van der Waals surface area contributed by atoms with E-state index in [2.05, 4.69) is 11.8 Å². The Bertz CT molecular complexity index is 1020. The van der Waals surface area contributed by atoms with Crippen LogP contribution in [0.25, 0.3) is 0 Å². The summed E-state index contributed by atoms with van der Waals surface area (Å²) < 4.78 is 17.5. The van der Waals surface area contributed by atoms with E-state index >= 15 is 0 Å². The van der Waals surface area contributed by atoms with E-state index in [-0.39, 0.29) is 6.04 Å². The summed E-state index contributed by atoms with van der Waals surface area (Å²) in [5.74, 6) is 1.14. The first-order valence-electron chi connectivity index (χ1n) is 10.2. The van der Waals surface area contributed by atoms with E-state index < -0.39 is 5.97 Å². The third-order valence-electron chi connectivity index (χ3n) is 5.33. The molecule has 5 nitrogen and oxygen atoms in total. The third kappa shape index (κ3) is 5.25. The van der Waals surface area contributed by atoms with Crippen LogP contribution in [-0.4, -0.2) is 32.1 Å². The van der Waals surface area contributed by atoms with Crippen molar-refractivity contribution in [3.05, 3.63) is 89.0 Å². The molecule has 5 heteroatoms. The number of carbonyl (C=O) groups excluding carboxylic acids is 1. The summed E-state index contributed by atoms with van der Waals surface area (Å²) in [4.78, 5) is 15.3. The van der Waals surface area contributed by atoms with Crippen LogP contribution in [0, 0.1) is 6.92 Å². The van der Waals surface area contributed by atoms with Crippen molar-refractivity contribution in [3.8, 4) is 17.2 Å². The summed E-state index contributed by atoms with van der Waals surface area (Å²) in [5, 5.41) is 0. The zero-order chi connectivity index (χ0) is 22.4. The number of nitrogens with zero attached hydrogens (tertiary/aromatic N) is 1. The van der Waals surface area contributed by atoms with Gasteiger partial charge in [0.15, 0.2) is 0 Å². The molecule has 1 atom stereocenters. The van der Waals surface area contributed by atoms with Crippen molar-refractivity contribution in [3.63, 3.8) is 0 Å². The molecule has 0 saturated carbocycles. The average Bonchev–Trinajstić information content (AvgIpc) is 2.78. The van der Waals surface area contributed by atoms with Crippen LogP contribution in [0.1, 0.15) is 40.0 Å². The number of carbonyl (C=O) groups is 1. The van der Waals surface area contributed by atoms with Crippen molar-refractivity contribution < 1.29 is 19.0 Å². The van der Waals surface area contributed by atoms with Gasteiger partial charge in [-0.3, -0.25) is 0 Å². The third-order valence-corrected chi connectivity index (χ3v) is 5.33. The lowest BCUT2D eigenvalue weighted by molar-refractivity contribution is 0.0728. The lowest BCUT2D eigenvalue weighted by Crippen LogP contribution is -2.20. The highest BCUT2D eigenvalue weighted by Crippen LogP contribution is 2.39. The smallest absolute Gasteiger partial charge is 0.347 e. The summed E-state index contributed by atoms with van der Waals surface area (Å²) in [6.07, 6.45) is 0. The number of esters is 1. The summed E-state index contributed by atoms with van der Waals surface area (Å²) in [6, 6.07) is 20.8. The Balaban J connectivity index is 2.05. The normalized spacial score (nSPS) is 11.8. The van der Waals surface area contributed by atoms with E-state index in [9.17, 15) is 4.79 Å². The molecule has 162 valence electrons. The molecule has 0 bridgehead atoms. The first-order valence-corrected chi connectivity index (χ1v) is 10.2. The Labute approximate surface area is 184 Å². The van der Waals surface area contributed by atoms with Gasteiger partial charge in [-0.15, -0.1) is 0 Å². The Morgan fingerprint density at radius 2 is 1.61 bits per heavy atom. The highest BCUT2D eigenvalue weighted by molar-refractivity contribution is 5.96. The van der Waals surface area contributed by atoms with Gasteiger partial charge in [0.2, 0.25) is 0 Å². The summed E-state index contributed by atoms with van der Waals surface area (Å²) in [6.45, 7) is 4.29. The standard InChI is InChI=1S/C26H29NO4/c1-18-24(26(28)31-21-14-10-7-11-15-21)23(30-17-20-12-8-6-9-13-20)16-22(25(18)29-5)19(2)27(3)4/h6-16,19H,17H2,1-5H3. The molecule has 0 aliphatic heterocycles. The molecule has 0 heterocycles. The molecule has 3 rings (SSSR count). The predicted molar refractivity (Wildman–Crippen MR) is 122 cm³/mol. The largest absolute Gasteiger partial charge is 0.496 e. The molecule has 0 aliphatic carbocycles. The average molecular weight is 420 g/mol. The molecule has 0 aliphatic rings. The van der Waals surface area contributed by atoms with Gasteiger partial charge in [0, 0.05) is 17.2 Å². The molecular weight excluding hydrogens is 390 g/mol. The molecule has 3 aromatic carbocycles. The van der Waals surface area contributed by atoms with Crippen LogP contribution >= 0.6 is 0 Å². The molecular formula is C26H29NO4. The van der Waals surface area contributed by atoms with E-state index in [0.717, 1.165) is 11.1 Å². The quantitative estimate of drug-likeness (QED) is 0.360. The molecule has 0 aromatic heterocycles. The molecule has 31 heavy (non-hydrogen) atoms. The SMILES string of the molecule is COc1c(C(C)N(C)C)cc(OCc2ccccc2)c(C(=O)Oc2ccccc2)c1C. The van der Waals surface area contributed by atoms with Crippen molar-refractivity contribution >= 4 is 5.97 Å². The number of para-hydroxylation sites is 1. The van der Waals surface area contributed by atoms with Crippen LogP contribution in [0.4, 0.5) is 0 Å². The van der Waals surface area contributed by atoms with Crippen molar-refractivity contribution in [2.75, 3.05) is 21.2 Å². The van der Waals surface area contributed by atoms with E-state index in [4.69, 9.17) is 14.2 Å². The first-order chi connectivity index (χ1) is 14.9. The molecule has 1 unspecified atom stereocenters. The van der Waals surface area contributed by atoms with Crippen molar-refractivity contribution in [1.82, 2.24) is 4.90 Å². The van der Waals surface area contributed by atoms with Crippen LogP contribution in [0.3, 0.4) is 0 Å². The maximum absolute atomic E-state index is 13.2. The zero-order valence-corrected chi connectivity index (χ0v) is 18.7. The Hall–Kier alpha value is -3.31. The monoisotopic (exact) mass is 419 g/mol. The number of hydrogen-bond donors (Lipinski definition) is 0. The minimum Gasteiger partial charge on any atom is -0.496 e. The maximum atomic E-state index is 13.2. The molecule has 0 amide bonds. The van der Waals surface area contributed by atoms with E-state index in [1.165, 1.54) is 0 Å². The van der Waals surface area contributed by atoms with Gasteiger partial charge in [0.25, 0.3) is 0 Å². The summed E-state index contributed by atoms with van der Waals surface area (Å²) >= 11 is 0. The fourth-order valence-corrected chi connectivity index (χ4v) is 3.40. The van der Waals surface area contributed by atoms with E-state index in [1.54, 1.807) is 19.2 Å². The van der Waals surface area contributed by atoms with Crippen LogP contribution in [0.15, 0.2) is 66.7 Å². The van der Waals surface area contributed by atoms with Crippen molar-refractivity contribution in [1.29, 1.82) is 0 Å². The zero-order valence-electron chi connectivity index (χ0n) is 18.7. The minimum absolute atomic E-state index is 0.0620. The van der Waals surface area contributed by atoms with Gasteiger partial charge in [-0.1, -0.05) is 48.5 Å². The van der Waals surface area contributed by atoms with E-state index in [0.29, 0.717) is 35.0 Å². The van der Waals surface area contributed by atoms with E-state index in [1.807, 2.05) is 75.6 Å². The van der Waals surface area contributed by atoms with Crippen LogP contribution in [-0.2, 0) is 6.61 Å². The van der Waals surface area contributed by atoms with Crippen molar-refractivity contribution in [2.45, 2.75) is 26.5 Å². The van der Waals surface area contributed by atoms with Gasteiger partial charge in [0.05, 0.1) is 7.11 Å². The fraction of sp³-hybridized carbons (Fsp3) is 0.269. The Kier molecular flexibility index (Phi) is 7.32. The lowest BCUT2D eigenvalue weighted by Gasteiger charge is -2.25. The molecule has 0 saturated heterocycles. The first kappa shape index (κ1) is 22.4. The molecule has 3 aromatic rings. The van der Waals surface area contributed by atoms with Crippen LogP contribution in [0.5, 0.6) is 17.2 Å². The maximum Gasteiger partial charge on any atom is 0.347 e. The highest BCUT2D eigenvalue weighted by Gasteiger charge is 2.26. The number of rotatable bonds is 8. The van der Waals surface area contributed by atoms with Crippen LogP contribution in [0.2, 0.25) is 0 Å². The second-order valence-corrected chi connectivity index (χ2v) is 7.61. The van der Waals surface area contributed by atoms with Gasteiger partial charge in [0.1, 0.15) is 29.4 Å². The Morgan fingerprint density at radius 3 is 2.19 bits per heavy atom. The second kappa shape index (κ2) is 10.1. The van der Waals surface area contributed by atoms with Crippen molar-refractivity contribution in [2.24, 2.45) is 0 Å². The fourth-order valence-electron chi connectivity index (χ4n) is 3.40. The Morgan fingerprint density at radius 1 is 1.00 bits per heavy atom. The number of ether oxygens (including phenoxy) is 3. The highest BCUT2D eigenvalue weighted by atomic mass is 16.5.